The van der Waals surface area contributed by atoms with Crippen LogP contribution < -0.4 is 9.80 Å². The molecular weight excluding hydrogens is 452 g/mol. The molecule has 1 aliphatic heterocycles. The Morgan fingerprint density at radius 3 is 1.96 bits per heavy atom. The van der Waals surface area contributed by atoms with E-state index in [-0.39, 0.29) is 0 Å². The minimum absolute atomic E-state index is 0.764. The van der Waals surface area contributed by atoms with Crippen molar-refractivity contribution in [2.45, 2.75) is 0 Å². The highest BCUT2D eigenvalue weighted by molar-refractivity contribution is 9.10. The summed E-state index contributed by atoms with van der Waals surface area (Å²) in [6, 6.07) is 12.1. The molecule has 132 valence electrons. The summed E-state index contributed by atoms with van der Waals surface area (Å²) in [4.78, 5) is 14.3. The molecule has 8 heteroatoms. The molecule has 0 amide bonds. The lowest BCUT2D eigenvalue weighted by Crippen LogP contribution is -2.46. The van der Waals surface area contributed by atoms with Crippen LogP contribution in [0, 0.1) is 0 Å². The van der Waals surface area contributed by atoms with E-state index >= 15 is 0 Å². The minimum atomic E-state index is 0.764. The topological polar surface area (TPSA) is 32.3 Å². The minimum Gasteiger partial charge on any atom is -0.345 e. The van der Waals surface area contributed by atoms with E-state index in [0.29, 0.717) is 0 Å². The second-order valence-corrected chi connectivity index (χ2v) is 9.56. The maximum Gasteiger partial charge on any atom is 0.186 e. The third kappa shape index (κ3) is 3.07. The number of thiazole rings is 2. The summed E-state index contributed by atoms with van der Waals surface area (Å²) in [7, 11) is 0. The van der Waals surface area contributed by atoms with Crippen molar-refractivity contribution < 1.29 is 0 Å². The number of anilines is 2. The molecule has 0 aliphatic carbocycles. The highest BCUT2D eigenvalue weighted by Crippen LogP contribution is 2.34. The number of halogens is 2. The van der Waals surface area contributed by atoms with Crippen LogP contribution >= 0.6 is 50.2 Å². The summed E-state index contributed by atoms with van der Waals surface area (Å²) in [5.74, 6) is 0. The van der Waals surface area contributed by atoms with E-state index < -0.39 is 0 Å². The molecule has 2 aromatic heterocycles. The van der Waals surface area contributed by atoms with E-state index in [2.05, 4.69) is 37.9 Å². The van der Waals surface area contributed by atoms with Crippen molar-refractivity contribution >= 4 is 80.9 Å². The summed E-state index contributed by atoms with van der Waals surface area (Å²) >= 11 is 13.1. The Morgan fingerprint density at radius 1 is 0.808 bits per heavy atom. The van der Waals surface area contributed by atoms with Gasteiger partial charge < -0.3 is 9.80 Å². The van der Waals surface area contributed by atoms with Crippen molar-refractivity contribution in [1.82, 2.24) is 9.97 Å². The molecule has 3 heterocycles. The van der Waals surface area contributed by atoms with E-state index in [0.717, 1.165) is 61.7 Å². The summed E-state index contributed by atoms with van der Waals surface area (Å²) in [6.45, 7) is 3.82. The second kappa shape index (κ2) is 6.64. The zero-order valence-corrected chi connectivity index (χ0v) is 17.6. The lowest BCUT2D eigenvalue weighted by molar-refractivity contribution is 0.651. The third-order valence-electron chi connectivity index (χ3n) is 4.50. The quantitative estimate of drug-likeness (QED) is 0.383. The van der Waals surface area contributed by atoms with Gasteiger partial charge in [-0.05, 0) is 36.4 Å². The SMILES string of the molecule is Clc1ccc2nc(N3CCN(c4nc5ccc(Br)cc5s4)CC3)sc2c1. The average Bonchev–Trinajstić information content (AvgIpc) is 3.25. The Balaban J connectivity index is 1.34. The first-order valence-corrected chi connectivity index (χ1v) is 11.1. The van der Waals surface area contributed by atoms with Crippen molar-refractivity contribution in [2.75, 3.05) is 36.0 Å². The van der Waals surface area contributed by atoms with Gasteiger partial charge >= 0.3 is 0 Å². The van der Waals surface area contributed by atoms with Crippen LogP contribution in [0.3, 0.4) is 0 Å². The van der Waals surface area contributed by atoms with E-state index in [9.17, 15) is 0 Å². The van der Waals surface area contributed by atoms with Crippen molar-refractivity contribution in [3.05, 3.63) is 45.9 Å². The molecule has 0 unspecified atom stereocenters. The Labute approximate surface area is 172 Å². The molecule has 0 spiro atoms. The van der Waals surface area contributed by atoms with Crippen LogP contribution in [-0.2, 0) is 0 Å². The molecule has 0 radical (unpaired) electrons. The Morgan fingerprint density at radius 2 is 1.35 bits per heavy atom. The van der Waals surface area contributed by atoms with Crippen LogP contribution in [0.15, 0.2) is 40.9 Å². The normalized spacial score (nSPS) is 15.3. The first kappa shape index (κ1) is 16.7. The van der Waals surface area contributed by atoms with Gasteiger partial charge in [-0.15, -0.1) is 0 Å². The first-order valence-electron chi connectivity index (χ1n) is 8.28. The maximum absolute atomic E-state index is 6.09. The molecular formula is C18H14BrClN4S2. The van der Waals surface area contributed by atoms with Gasteiger partial charge in [0.15, 0.2) is 10.3 Å². The van der Waals surface area contributed by atoms with Crippen LogP contribution in [0.1, 0.15) is 0 Å². The van der Waals surface area contributed by atoms with Crippen LogP contribution in [-0.4, -0.2) is 36.1 Å². The number of nitrogens with zero attached hydrogens (tertiary/aromatic N) is 4. The maximum atomic E-state index is 6.09. The molecule has 1 saturated heterocycles. The molecule has 1 aliphatic rings. The number of piperazine rings is 1. The van der Waals surface area contributed by atoms with Crippen LogP contribution in [0.25, 0.3) is 20.4 Å². The zero-order chi connectivity index (χ0) is 17.7. The molecule has 5 rings (SSSR count). The fraction of sp³-hybridized carbons (Fsp3) is 0.222. The first-order chi connectivity index (χ1) is 12.7. The Bertz CT molecular complexity index is 1010. The number of benzene rings is 2. The van der Waals surface area contributed by atoms with Crippen molar-refractivity contribution in [2.24, 2.45) is 0 Å². The number of fused-ring (bicyclic) bond motifs is 2. The summed E-state index contributed by atoms with van der Waals surface area (Å²) in [5.41, 5.74) is 2.09. The van der Waals surface area contributed by atoms with E-state index in [1.54, 1.807) is 22.7 Å². The van der Waals surface area contributed by atoms with Gasteiger partial charge in [-0.2, -0.15) is 0 Å². The van der Waals surface area contributed by atoms with Crippen LogP contribution in [0.4, 0.5) is 10.3 Å². The largest absolute Gasteiger partial charge is 0.345 e. The number of aromatic nitrogens is 2. The number of hydrogen-bond donors (Lipinski definition) is 0. The van der Waals surface area contributed by atoms with E-state index in [1.165, 1.54) is 4.70 Å². The predicted octanol–water partition coefficient (Wildman–Crippen LogP) is 5.65. The second-order valence-electron chi connectivity index (χ2n) is 6.19. The smallest absolute Gasteiger partial charge is 0.186 e. The predicted molar refractivity (Wildman–Crippen MR) is 116 cm³/mol. The van der Waals surface area contributed by atoms with Gasteiger partial charge in [0.25, 0.3) is 0 Å². The van der Waals surface area contributed by atoms with Gasteiger partial charge in [0.05, 0.1) is 20.4 Å². The van der Waals surface area contributed by atoms with Crippen LogP contribution in [0.5, 0.6) is 0 Å². The van der Waals surface area contributed by atoms with Gasteiger partial charge in [0, 0.05) is 35.7 Å². The highest BCUT2D eigenvalue weighted by atomic mass is 79.9. The average molecular weight is 466 g/mol. The zero-order valence-electron chi connectivity index (χ0n) is 13.7. The highest BCUT2D eigenvalue weighted by Gasteiger charge is 2.22. The van der Waals surface area contributed by atoms with E-state index in [1.807, 2.05) is 24.3 Å². The molecule has 0 atom stereocenters. The van der Waals surface area contributed by atoms with E-state index in [4.69, 9.17) is 21.6 Å². The molecule has 4 aromatic rings. The lowest BCUT2D eigenvalue weighted by atomic mass is 10.3. The summed E-state index contributed by atoms with van der Waals surface area (Å²) in [6.07, 6.45) is 0. The van der Waals surface area contributed by atoms with Gasteiger partial charge in [-0.1, -0.05) is 50.2 Å². The number of rotatable bonds is 2. The summed E-state index contributed by atoms with van der Waals surface area (Å²) in [5, 5.41) is 2.95. The monoisotopic (exact) mass is 464 g/mol. The molecule has 4 nitrogen and oxygen atoms in total. The van der Waals surface area contributed by atoms with Gasteiger partial charge in [-0.3, -0.25) is 0 Å². The molecule has 2 aromatic carbocycles. The fourth-order valence-electron chi connectivity index (χ4n) is 3.13. The fourth-order valence-corrected chi connectivity index (χ4v) is 5.99. The Hall–Kier alpha value is -1.41. The molecule has 1 fully saturated rings. The Kier molecular flexibility index (Phi) is 4.27. The van der Waals surface area contributed by atoms with Gasteiger partial charge in [0.1, 0.15) is 0 Å². The lowest BCUT2D eigenvalue weighted by Gasteiger charge is -2.34. The number of hydrogen-bond acceptors (Lipinski definition) is 6. The molecule has 26 heavy (non-hydrogen) atoms. The van der Waals surface area contributed by atoms with Gasteiger partial charge in [-0.25, -0.2) is 9.97 Å². The van der Waals surface area contributed by atoms with Crippen molar-refractivity contribution in [3.8, 4) is 0 Å². The van der Waals surface area contributed by atoms with Crippen LogP contribution in [0.2, 0.25) is 5.02 Å². The van der Waals surface area contributed by atoms with Crippen molar-refractivity contribution in [1.29, 1.82) is 0 Å². The molecule has 0 saturated carbocycles. The molecule has 0 bridgehead atoms. The van der Waals surface area contributed by atoms with Gasteiger partial charge in [0.2, 0.25) is 0 Å². The standard InChI is InChI=1S/C18H14BrClN4S2/c19-11-1-3-13-15(9-11)25-17(21-13)23-5-7-24(8-6-23)18-22-14-4-2-12(20)10-16(14)26-18/h1-4,9-10H,5-8H2. The van der Waals surface area contributed by atoms with Crippen molar-refractivity contribution in [3.63, 3.8) is 0 Å². The summed E-state index contributed by atoms with van der Waals surface area (Å²) < 4.78 is 3.47. The third-order valence-corrected chi connectivity index (χ3v) is 7.39. The molecule has 0 N–H and O–H groups in total.